The van der Waals surface area contributed by atoms with Crippen molar-refractivity contribution in [2.75, 3.05) is 0 Å². The average molecular weight is 236 g/mol. The number of halogens is 2. The highest BCUT2D eigenvalue weighted by atomic mass is 79.9. The molecule has 0 aromatic rings. The minimum Gasteiger partial charge on any atom is -0.0761 e. The van der Waals surface area contributed by atoms with E-state index in [1.807, 2.05) is 6.08 Å². The zero-order valence-corrected chi connectivity index (χ0v) is 9.17. The standard InChI is InChI=1S/C9H12BrCl/c1-6-3-4-8(7(6)2)5-9(10)11/h5-6H,3-4H2,1-2H3. The molecule has 0 aliphatic heterocycles. The molecule has 0 nitrogen and oxygen atoms in total. The molecule has 62 valence electrons. The maximum Gasteiger partial charge on any atom is 0.0836 e. The Morgan fingerprint density at radius 2 is 2.36 bits per heavy atom. The summed E-state index contributed by atoms with van der Waals surface area (Å²) in [6, 6.07) is 0. The molecule has 1 rings (SSSR count). The topological polar surface area (TPSA) is 0 Å². The van der Waals surface area contributed by atoms with Crippen LogP contribution in [0.4, 0.5) is 0 Å². The largest absolute Gasteiger partial charge is 0.0836 e. The molecule has 1 unspecified atom stereocenters. The van der Waals surface area contributed by atoms with Crippen molar-refractivity contribution >= 4 is 27.5 Å². The summed E-state index contributed by atoms with van der Waals surface area (Å²) < 4.78 is 0.709. The summed E-state index contributed by atoms with van der Waals surface area (Å²) in [5.41, 5.74) is 2.89. The number of allylic oxidation sites excluding steroid dienone is 3. The molecule has 1 aliphatic rings. The van der Waals surface area contributed by atoms with E-state index in [4.69, 9.17) is 11.6 Å². The Kier molecular flexibility index (Phi) is 3.20. The monoisotopic (exact) mass is 234 g/mol. The predicted octanol–water partition coefficient (Wildman–Crippen LogP) is 4.21. The maximum absolute atomic E-state index is 5.71. The van der Waals surface area contributed by atoms with Gasteiger partial charge in [0, 0.05) is 0 Å². The summed E-state index contributed by atoms with van der Waals surface area (Å²) in [4.78, 5) is 0. The van der Waals surface area contributed by atoms with Crippen LogP contribution in [0.15, 0.2) is 21.2 Å². The summed E-state index contributed by atoms with van der Waals surface area (Å²) >= 11 is 8.94. The van der Waals surface area contributed by atoms with E-state index in [1.165, 1.54) is 24.0 Å². The minimum absolute atomic E-state index is 0.709. The van der Waals surface area contributed by atoms with Gasteiger partial charge in [0.2, 0.25) is 0 Å². The van der Waals surface area contributed by atoms with Gasteiger partial charge in [-0.15, -0.1) is 0 Å². The van der Waals surface area contributed by atoms with Gasteiger partial charge in [-0.05, 0) is 53.3 Å². The highest BCUT2D eigenvalue weighted by molar-refractivity contribution is 9.12. The van der Waals surface area contributed by atoms with Crippen molar-refractivity contribution < 1.29 is 0 Å². The fraction of sp³-hybridized carbons (Fsp3) is 0.556. The van der Waals surface area contributed by atoms with Crippen molar-refractivity contribution in [2.45, 2.75) is 26.7 Å². The molecule has 0 aromatic carbocycles. The lowest BCUT2D eigenvalue weighted by molar-refractivity contribution is 0.669. The van der Waals surface area contributed by atoms with E-state index < -0.39 is 0 Å². The highest BCUT2D eigenvalue weighted by Crippen LogP contribution is 2.33. The smallest absolute Gasteiger partial charge is 0.0761 e. The van der Waals surface area contributed by atoms with Gasteiger partial charge in [-0.1, -0.05) is 24.1 Å². The third-order valence-corrected chi connectivity index (χ3v) is 2.71. The molecule has 2 heteroatoms. The highest BCUT2D eigenvalue weighted by Gasteiger charge is 2.16. The molecule has 0 saturated heterocycles. The van der Waals surface area contributed by atoms with Crippen molar-refractivity contribution in [3.63, 3.8) is 0 Å². The number of hydrogen-bond donors (Lipinski definition) is 0. The van der Waals surface area contributed by atoms with Crippen LogP contribution in [-0.2, 0) is 0 Å². The van der Waals surface area contributed by atoms with Crippen molar-refractivity contribution in [3.05, 3.63) is 21.2 Å². The van der Waals surface area contributed by atoms with Gasteiger partial charge in [-0.25, -0.2) is 0 Å². The third kappa shape index (κ3) is 2.34. The molecule has 0 saturated carbocycles. The van der Waals surface area contributed by atoms with Crippen LogP contribution in [0.25, 0.3) is 0 Å². The van der Waals surface area contributed by atoms with Crippen LogP contribution >= 0.6 is 27.5 Å². The first-order valence-electron chi connectivity index (χ1n) is 3.83. The average Bonchev–Trinajstić information content (AvgIpc) is 2.18. The van der Waals surface area contributed by atoms with Crippen LogP contribution in [0, 0.1) is 5.92 Å². The predicted molar refractivity (Wildman–Crippen MR) is 54.0 cm³/mol. The molecular formula is C9H12BrCl. The van der Waals surface area contributed by atoms with Gasteiger partial charge < -0.3 is 0 Å². The molecule has 0 radical (unpaired) electrons. The Hall–Kier alpha value is 0.250. The molecular weight excluding hydrogens is 223 g/mol. The van der Waals surface area contributed by atoms with Gasteiger partial charge in [-0.3, -0.25) is 0 Å². The van der Waals surface area contributed by atoms with E-state index in [-0.39, 0.29) is 0 Å². The van der Waals surface area contributed by atoms with Crippen molar-refractivity contribution in [1.29, 1.82) is 0 Å². The van der Waals surface area contributed by atoms with E-state index in [0.29, 0.717) is 3.94 Å². The molecule has 1 atom stereocenters. The zero-order valence-electron chi connectivity index (χ0n) is 6.82. The second-order valence-corrected chi connectivity index (χ2v) is 4.80. The SMILES string of the molecule is CC1=C(C=C(Cl)Br)CCC1C. The Bertz CT molecular complexity index is 212. The quantitative estimate of drug-likeness (QED) is 0.639. The second-order valence-electron chi connectivity index (χ2n) is 3.08. The summed E-state index contributed by atoms with van der Waals surface area (Å²) in [6.45, 7) is 4.45. The lowest BCUT2D eigenvalue weighted by Crippen LogP contribution is -1.86. The first kappa shape index (κ1) is 9.34. The van der Waals surface area contributed by atoms with Gasteiger partial charge >= 0.3 is 0 Å². The van der Waals surface area contributed by atoms with E-state index in [2.05, 4.69) is 29.8 Å². The zero-order chi connectivity index (χ0) is 8.43. The molecule has 11 heavy (non-hydrogen) atoms. The van der Waals surface area contributed by atoms with Crippen LogP contribution in [0.3, 0.4) is 0 Å². The first-order chi connectivity index (χ1) is 5.11. The van der Waals surface area contributed by atoms with Crippen LogP contribution in [0.1, 0.15) is 26.7 Å². The summed E-state index contributed by atoms with van der Waals surface area (Å²) in [6.07, 6.45) is 4.46. The molecule has 0 N–H and O–H groups in total. The van der Waals surface area contributed by atoms with Gasteiger partial charge in [0.25, 0.3) is 0 Å². The van der Waals surface area contributed by atoms with Crippen LogP contribution in [0.5, 0.6) is 0 Å². The summed E-state index contributed by atoms with van der Waals surface area (Å²) in [7, 11) is 0. The normalized spacial score (nSPS) is 26.5. The number of rotatable bonds is 1. The fourth-order valence-electron chi connectivity index (χ4n) is 1.42. The Morgan fingerprint density at radius 3 is 2.73 bits per heavy atom. The lowest BCUT2D eigenvalue weighted by atomic mass is 10.1. The molecule has 1 aliphatic carbocycles. The lowest BCUT2D eigenvalue weighted by Gasteiger charge is -2.00. The minimum atomic E-state index is 0.709. The first-order valence-corrected chi connectivity index (χ1v) is 5.00. The summed E-state index contributed by atoms with van der Waals surface area (Å²) in [5, 5.41) is 0. The Morgan fingerprint density at radius 1 is 1.73 bits per heavy atom. The molecule has 0 fully saturated rings. The van der Waals surface area contributed by atoms with E-state index in [9.17, 15) is 0 Å². The van der Waals surface area contributed by atoms with Crippen LogP contribution in [0.2, 0.25) is 0 Å². The van der Waals surface area contributed by atoms with Crippen molar-refractivity contribution in [1.82, 2.24) is 0 Å². The van der Waals surface area contributed by atoms with Gasteiger partial charge in [0.15, 0.2) is 0 Å². The third-order valence-electron chi connectivity index (χ3n) is 2.38. The van der Waals surface area contributed by atoms with E-state index in [0.717, 1.165) is 5.92 Å². The number of hydrogen-bond acceptors (Lipinski definition) is 0. The molecule has 0 spiro atoms. The van der Waals surface area contributed by atoms with Crippen molar-refractivity contribution in [3.8, 4) is 0 Å². The fourth-order valence-corrected chi connectivity index (χ4v) is 1.83. The molecule has 0 bridgehead atoms. The van der Waals surface area contributed by atoms with Crippen LogP contribution in [-0.4, -0.2) is 0 Å². The molecule has 0 aromatic heterocycles. The Balaban J connectivity index is 2.80. The Labute approximate surface area is 81.4 Å². The van der Waals surface area contributed by atoms with Gasteiger partial charge in [-0.2, -0.15) is 0 Å². The van der Waals surface area contributed by atoms with Crippen LogP contribution < -0.4 is 0 Å². The second kappa shape index (κ2) is 3.77. The van der Waals surface area contributed by atoms with Gasteiger partial charge in [0.05, 0.1) is 3.94 Å². The molecule has 0 amide bonds. The molecule has 0 heterocycles. The maximum atomic E-state index is 5.71. The van der Waals surface area contributed by atoms with E-state index >= 15 is 0 Å². The van der Waals surface area contributed by atoms with Crippen molar-refractivity contribution in [2.24, 2.45) is 5.92 Å². The van der Waals surface area contributed by atoms with Gasteiger partial charge in [0.1, 0.15) is 0 Å². The van der Waals surface area contributed by atoms with E-state index in [1.54, 1.807) is 0 Å². The summed E-state index contributed by atoms with van der Waals surface area (Å²) in [5.74, 6) is 0.741.